The zero-order chi connectivity index (χ0) is 18.0. The lowest BCUT2D eigenvalue weighted by atomic mass is 10.2. The van der Waals surface area contributed by atoms with Gasteiger partial charge in [-0.25, -0.2) is 8.42 Å². The highest BCUT2D eigenvalue weighted by atomic mass is 32.2. The number of nitrogens with one attached hydrogen (secondary N) is 2. The molecule has 2 N–H and O–H groups in total. The number of fused-ring (bicyclic) bond motifs is 1. The van der Waals surface area contributed by atoms with E-state index in [1.807, 2.05) is 4.83 Å². The summed E-state index contributed by atoms with van der Waals surface area (Å²) < 4.78 is 34.7. The molecule has 8 nitrogen and oxygen atoms in total. The minimum atomic E-state index is -3.97. The molecule has 0 radical (unpaired) electrons. The van der Waals surface area contributed by atoms with Gasteiger partial charge in [-0.3, -0.25) is 15.0 Å². The van der Waals surface area contributed by atoms with Gasteiger partial charge < -0.3 is 9.47 Å². The fourth-order valence-electron chi connectivity index (χ4n) is 2.15. The molecule has 0 aliphatic carbocycles. The third-order valence-corrected chi connectivity index (χ3v) is 4.77. The van der Waals surface area contributed by atoms with Gasteiger partial charge in [0.2, 0.25) is 6.79 Å². The Morgan fingerprint density at radius 1 is 0.960 bits per heavy atom. The highest BCUT2D eigenvalue weighted by Gasteiger charge is 2.19. The lowest BCUT2D eigenvalue weighted by Crippen LogP contribution is -2.41. The summed E-state index contributed by atoms with van der Waals surface area (Å²) in [5.74, 6) is 0.105. The number of hydrogen-bond acceptors (Lipinski definition) is 6. The molecule has 0 saturated heterocycles. The SMILES string of the molecule is CC(=O)c1ccc(S(=O)(=O)NNC(=O)c2ccc3c(c2)OCO3)cc1. The molecule has 130 valence electrons. The third kappa shape index (κ3) is 3.62. The molecule has 0 bridgehead atoms. The van der Waals surface area contributed by atoms with Crippen molar-refractivity contribution >= 4 is 21.7 Å². The normalized spacial score (nSPS) is 12.7. The van der Waals surface area contributed by atoms with Crippen LogP contribution in [0.15, 0.2) is 47.4 Å². The molecule has 25 heavy (non-hydrogen) atoms. The topological polar surface area (TPSA) is 111 Å². The Kier molecular flexibility index (Phi) is 4.43. The first-order chi connectivity index (χ1) is 11.9. The first kappa shape index (κ1) is 16.9. The summed E-state index contributed by atoms with van der Waals surface area (Å²) in [5.41, 5.74) is 2.73. The maximum Gasteiger partial charge on any atom is 0.266 e. The summed E-state index contributed by atoms with van der Waals surface area (Å²) in [6.45, 7) is 1.46. The molecule has 0 saturated carbocycles. The predicted octanol–water partition coefficient (Wildman–Crippen LogP) is 1.24. The van der Waals surface area contributed by atoms with Crippen LogP contribution >= 0.6 is 0 Å². The van der Waals surface area contributed by atoms with Gasteiger partial charge in [0, 0.05) is 11.1 Å². The zero-order valence-corrected chi connectivity index (χ0v) is 13.9. The molecule has 1 amide bonds. The molecular weight excluding hydrogens is 348 g/mol. The number of hydrazine groups is 1. The Balaban J connectivity index is 1.69. The Labute approximate surface area is 143 Å². The van der Waals surface area contributed by atoms with E-state index in [-0.39, 0.29) is 23.0 Å². The van der Waals surface area contributed by atoms with Crippen LogP contribution in [0.5, 0.6) is 11.5 Å². The van der Waals surface area contributed by atoms with Crippen molar-refractivity contribution in [3.8, 4) is 11.5 Å². The summed E-state index contributed by atoms with van der Waals surface area (Å²) in [7, 11) is -3.97. The van der Waals surface area contributed by atoms with Gasteiger partial charge in [-0.1, -0.05) is 12.1 Å². The van der Waals surface area contributed by atoms with E-state index in [9.17, 15) is 18.0 Å². The number of benzene rings is 2. The highest BCUT2D eigenvalue weighted by Crippen LogP contribution is 2.32. The number of hydrogen-bond donors (Lipinski definition) is 2. The van der Waals surface area contributed by atoms with E-state index in [0.717, 1.165) is 0 Å². The van der Waals surface area contributed by atoms with E-state index in [1.165, 1.54) is 43.3 Å². The number of Topliss-reactive ketones (excluding diaryl/α,β-unsaturated/α-hetero) is 1. The van der Waals surface area contributed by atoms with Crippen molar-refractivity contribution in [2.75, 3.05) is 6.79 Å². The van der Waals surface area contributed by atoms with Crippen molar-refractivity contribution in [1.29, 1.82) is 0 Å². The van der Waals surface area contributed by atoms with Crippen LogP contribution in [0, 0.1) is 0 Å². The molecule has 2 aromatic carbocycles. The zero-order valence-electron chi connectivity index (χ0n) is 13.1. The number of ether oxygens (including phenoxy) is 2. The Morgan fingerprint density at radius 2 is 1.60 bits per heavy atom. The number of ketones is 1. The molecule has 0 fully saturated rings. The van der Waals surface area contributed by atoms with Crippen molar-refractivity contribution in [3.05, 3.63) is 53.6 Å². The number of carbonyl (C=O) groups is 2. The van der Waals surface area contributed by atoms with Gasteiger partial charge in [0.1, 0.15) is 0 Å². The standard InChI is InChI=1S/C16H14N2O6S/c1-10(19)11-2-5-13(6-3-11)25(21,22)18-17-16(20)12-4-7-14-15(8-12)24-9-23-14/h2-8,18H,9H2,1H3,(H,17,20). The fourth-order valence-corrected chi connectivity index (χ4v) is 2.99. The van der Waals surface area contributed by atoms with Crippen molar-refractivity contribution in [2.24, 2.45) is 0 Å². The largest absolute Gasteiger partial charge is 0.454 e. The van der Waals surface area contributed by atoms with E-state index in [2.05, 4.69) is 5.43 Å². The average Bonchev–Trinajstić information content (AvgIpc) is 3.07. The van der Waals surface area contributed by atoms with Crippen molar-refractivity contribution in [3.63, 3.8) is 0 Å². The number of rotatable bonds is 5. The van der Waals surface area contributed by atoms with E-state index in [1.54, 1.807) is 6.07 Å². The second-order valence-electron chi connectivity index (χ2n) is 5.21. The van der Waals surface area contributed by atoms with E-state index >= 15 is 0 Å². The van der Waals surface area contributed by atoms with Crippen LogP contribution in [0.1, 0.15) is 27.6 Å². The maximum absolute atomic E-state index is 12.2. The monoisotopic (exact) mass is 362 g/mol. The Hall–Kier alpha value is -2.91. The van der Waals surface area contributed by atoms with E-state index in [4.69, 9.17) is 9.47 Å². The van der Waals surface area contributed by atoms with Gasteiger partial charge >= 0.3 is 0 Å². The summed E-state index contributed by atoms with van der Waals surface area (Å²) >= 11 is 0. The Bertz CT molecular complexity index is 938. The van der Waals surface area contributed by atoms with Crippen molar-refractivity contribution < 1.29 is 27.5 Å². The molecule has 0 aromatic heterocycles. The number of carbonyl (C=O) groups excluding carboxylic acids is 2. The maximum atomic E-state index is 12.2. The minimum Gasteiger partial charge on any atom is -0.454 e. The summed E-state index contributed by atoms with van der Waals surface area (Å²) in [4.78, 5) is 25.2. The van der Waals surface area contributed by atoms with Crippen LogP contribution in [-0.4, -0.2) is 26.9 Å². The van der Waals surface area contributed by atoms with Gasteiger partial charge in [0.05, 0.1) is 4.90 Å². The molecule has 1 heterocycles. The second-order valence-corrected chi connectivity index (χ2v) is 6.89. The Morgan fingerprint density at radius 3 is 2.28 bits per heavy atom. The average molecular weight is 362 g/mol. The van der Waals surface area contributed by atoms with Gasteiger partial charge in [-0.2, -0.15) is 0 Å². The van der Waals surface area contributed by atoms with Crippen LogP contribution in [0.4, 0.5) is 0 Å². The summed E-state index contributed by atoms with van der Waals surface area (Å²) in [6.07, 6.45) is 0. The number of sulfonamides is 1. The quantitative estimate of drug-likeness (QED) is 0.612. The first-order valence-corrected chi connectivity index (χ1v) is 8.68. The molecular formula is C16H14N2O6S. The van der Waals surface area contributed by atoms with Gasteiger partial charge in [0.15, 0.2) is 17.3 Å². The molecule has 9 heteroatoms. The minimum absolute atomic E-state index is 0.0727. The molecule has 1 aliphatic rings. The summed E-state index contributed by atoms with van der Waals surface area (Å²) in [6, 6.07) is 9.86. The van der Waals surface area contributed by atoms with Gasteiger partial charge in [-0.15, -0.1) is 4.83 Å². The third-order valence-electron chi connectivity index (χ3n) is 3.50. The highest BCUT2D eigenvalue weighted by molar-refractivity contribution is 7.89. The predicted molar refractivity (Wildman–Crippen MR) is 86.8 cm³/mol. The van der Waals surface area contributed by atoms with Gasteiger partial charge in [-0.05, 0) is 37.3 Å². The van der Waals surface area contributed by atoms with Crippen molar-refractivity contribution in [2.45, 2.75) is 11.8 Å². The lowest BCUT2D eigenvalue weighted by Gasteiger charge is -2.09. The van der Waals surface area contributed by atoms with E-state index in [0.29, 0.717) is 17.1 Å². The van der Waals surface area contributed by atoms with Gasteiger partial charge in [0.25, 0.3) is 15.9 Å². The molecule has 0 unspecified atom stereocenters. The van der Waals surface area contributed by atoms with E-state index < -0.39 is 15.9 Å². The van der Waals surface area contributed by atoms with Crippen LogP contribution in [0.25, 0.3) is 0 Å². The lowest BCUT2D eigenvalue weighted by molar-refractivity contribution is 0.0944. The smallest absolute Gasteiger partial charge is 0.266 e. The molecule has 2 aromatic rings. The van der Waals surface area contributed by atoms with Crippen molar-refractivity contribution in [1.82, 2.24) is 10.3 Å². The molecule has 3 rings (SSSR count). The molecule has 0 atom stereocenters. The summed E-state index contributed by atoms with van der Waals surface area (Å²) in [5, 5.41) is 0. The fraction of sp³-hybridized carbons (Fsp3) is 0.125. The molecule has 0 spiro atoms. The molecule has 1 aliphatic heterocycles. The van der Waals surface area contributed by atoms with Crippen LogP contribution in [0.2, 0.25) is 0 Å². The second kappa shape index (κ2) is 6.54. The van der Waals surface area contributed by atoms with Crippen LogP contribution < -0.4 is 19.7 Å². The number of amides is 1. The first-order valence-electron chi connectivity index (χ1n) is 7.19. The van der Waals surface area contributed by atoms with Crippen LogP contribution in [0.3, 0.4) is 0 Å². The van der Waals surface area contributed by atoms with Crippen LogP contribution in [-0.2, 0) is 10.0 Å².